The number of anilines is 1. The van der Waals surface area contributed by atoms with Crippen molar-refractivity contribution in [2.45, 2.75) is 6.18 Å². The molecule has 1 fully saturated rings. The quantitative estimate of drug-likeness (QED) is 0.684. The summed E-state index contributed by atoms with van der Waals surface area (Å²) in [5.74, 6) is 5.31. The first-order chi connectivity index (χ1) is 15.8. The first kappa shape index (κ1) is 22.4. The zero-order valence-corrected chi connectivity index (χ0v) is 17.6. The number of carbonyl (C=O) groups excluding carboxylic acids is 1. The number of hydrogen-bond acceptors (Lipinski definition) is 5. The predicted molar refractivity (Wildman–Crippen MR) is 119 cm³/mol. The predicted octanol–water partition coefficient (Wildman–Crippen LogP) is 3.24. The summed E-state index contributed by atoms with van der Waals surface area (Å²) in [7, 11) is 0. The topological polar surface area (TPSA) is 68.2 Å². The van der Waals surface area contributed by atoms with E-state index in [9.17, 15) is 23.1 Å². The van der Waals surface area contributed by atoms with Gasteiger partial charge in [0, 0.05) is 49.2 Å². The molecule has 2 aliphatic rings. The molecule has 2 aliphatic heterocycles. The Balaban J connectivity index is 1.57. The first-order valence-corrected chi connectivity index (χ1v) is 10.3. The fourth-order valence-electron chi connectivity index (χ4n) is 3.61. The second kappa shape index (κ2) is 9.38. The summed E-state index contributed by atoms with van der Waals surface area (Å²) in [6.07, 6.45) is -1.72. The number of rotatable bonds is 2. The number of carbonyl (C=O) groups is 1. The molecule has 2 aromatic rings. The molecule has 1 amide bonds. The van der Waals surface area contributed by atoms with Crippen molar-refractivity contribution in [1.82, 2.24) is 10.2 Å². The maximum absolute atomic E-state index is 13.9. The van der Waals surface area contributed by atoms with Gasteiger partial charge in [-0.3, -0.25) is 4.79 Å². The van der Waals surface area contributed by atoms with Crippen LogP contribution < -0.4 is 10.2 Å². The number of hydrogen-bond donors (Lipinski definition) is 2. The molecule has 0 bridgehead atoms. The van der Waals surface area contributed by atoms with Crippen LogP contribution in [-0.2, 0) is 6.18 Å². The molecule has 4 rings (SSSR count). The van der Waals surface area contributed by atoms with Crippen LogP contribution in [-0.4, -0.2) is 55.0 Å². The third-order valence-corrected chi connectivity index (χ3v) is 5.27. The van der Waals surface area contributed by atoms with Gasteiger partial charge in [0.1, 0.15) is 5.75 Å². The van der Waals surface area contributed by atoms with Crippen molar-refractivity contribution < 1.29 is 23.1 Å². The lowest BCUT2D eigenvalue weighted by Crippen LogP contribution is -2.46. The number of halogens is 3. The van der Waals surface area contributed by atoms with Crippen molar-refractivity contribution in [2.75, 3.05) is 37.6 Å². The van der Waals surface area contributed by atoms with Crippen molar-refractivity contribution in [3.05, 3.63) is 70.9 Å². The number of nitrogens with one attached hydrogen (secondary N) is 1. The van der Waals surface area contributed by atoms with Gasteiger partial charge in [-0.15, -0.1) is 0 Å². The summed E-state index contributed by atoms with van der Waals surface area (Å²) >= 11 is 0. The summed E-state index contributed by atoms with van der Waals surface area (Å²) in [5.41, 5.74) is 0.121. The number of aliphatic imine (C=N–C) groups is 1. The minimum absolute atomic E-state index is 0.0919. The van der Waals surface area contributed by atoms with Gasteiger partial charge >= 0.3 is 6.18 Å². The van der Waals surface area contributed by atoms with E-state index in [0.717, 1.165) is 6.07 Å². The van der Waals surface area contributed by atoms with Crippen molar-refractivity contribution in [3.8, 4) is 17.6 Å². The van der Waals surface area contributed by atoms with E-state index in [2.05, 4.69) is 22.2 Å². The Labute approximate surface area is 189 Å². The van der Waals surface area contributed by atoms with Crippen LogP contribution in [0.15, 0.2) is 59.2 Å². The highest BCUT2D eigenvalue weighted by atomic mass is 19.4. The fraction of sp³-hybridized carbons (Fsp3) is 0.250. The van der Waals surface area contributed by atoms with E-state index in [1.165, 1.54) is 35.5 Å². The van der Waals surface area contributed by atoms with Crippen LogP contribution >= 0.6 is 0 Å². The summed E-state index contributed by atoms with van der Waals surface area (Å²) in [6.45, 7) is 2.05. The average Bonchev–Trinajstić information content (AvgIpc) is 2.82. The third kappa shape index (κ3) is 5.35. The smallest absolute Gasteiger partial charge is 0.417 e. The minimum Gasteiger partial charge on any atom is -0.508 e. The van der Waals surface area contributed by atoms with E-state index in [0.29, 0.717) is 37.3 Å². The maximum atomic E-state index is 13.9. The molecule has 0 aliphatic carbocycles. The Kier molecular flexibility index (Phi) is 6.38. The number of alkyl halides is 3. The number of nitrogens with zero attached hydrogens (tertiary/aromatic N) is 3. The van der Waals surface area contributed by atoms with Crippen LogP contribution in [0.5, 0.6) is 5.75 Å². The van der Waals surface area contributed by atoms with E-state index in [1.807, 2.05) is 0 Å². The van der Waals surface area contributed by atoms with E-state index in [4.69, 9.17) is 0 Å². The molecular weight excluding hydrogens is 433 g/mol. The molecule has 1 saturated heterocycles. The lowest BCUT2D eigenvalue weighted by Gasteiger charge is -2.29. The van der Waals surface area contributed by atoms with Crippen LogP contribution in [0, 0.1) is 11.8 Å². The highest BCUT2D eigenvalue weighted by molar-refractivity contribution is 5.97. The van der Waals surface area contributed by atoms with Gasteiger partial charge in [0.2, 0.25) is 0 Å². The largest absolute Gasteiger partial charge is 0.508 e. The second-order valence-corrected chi connectivity index (χ2v) is 7.62. The van der Waals surface area contributed by atoms with Crippen molar-refractivity contribution in [3.63, 3.8) is 0 Å². The van der Waals surface area contributed by atoms with Gasteiger partial charge in [-0.25, -0.2) is 4.99 Å². The molecule has 0 spiro atoms. The zero-order valence-electron chi connectivity index (χ0n) is 17.6. The molecular formula is C24H21F3N4O2. The van der Waals surface area contributed by atoms with Gasteiger partial charge in [-0.05, 0) is 36.4 Å². The van der Waals surface area contributed by atoms with E-state index in [-0.39, 0.29) is 23.5 Å². The number of aromatic hydroxyl groups is 1. The highest BCUT2D eigenvalue weighted by Gasteiger charge is 2.37. The lowest BCUT2D eigenvalue weighted by molar-refractivity contribution is -0.138. The molecule has 0 aromatic heterocycles. The van der Waals surface area contributed by atoms with Gasteiger partial charge in [0.25, 0.3) is 5.91 Å². The van der Waals surface area contributed by atoms with E-state index in [1.54, 1.807) is 23.2 Å². The van der Waals surface area contributed by atoms with Crippen molar-refractivity contribution >= 4 is 17.9 Å². The Hall–Kier alpha value is -3.77. The monoisotopic (exact) mass is 454 g/mol. The van der Waals surface area contributed by atoms with Crippen LogP contribution in [0.1, 0.15) is 21.5 Å². The van der Waals surface area contributed by atoms with Gasteiger partial charge in [0.15, 0.2) is 0 Å². The second-order valence-electron chi connectivity index (χ2n) is 7.62. The van der Waals surface area contributed by atoms with Crippen molar-refractivity contribution in [1.29, 1.82) is 0 Å². The molecule has 9 heteroatoms. The molecule has 0 atom stereocenters. The number of amides is 1. The highest BCUT2D eigenvalue weighted by Crippen LogP contribution is 2.35. The normalized spacial score (nSPS) is 16.2. The molecule has 2 aromatic carbocycles. The lowest BCUT2D eigenvalue weighted by atomic mass is 10.0. The molecule has 6 nitrogen and oxygen atoms in total. The molecule has 170 valence electrons. The molecule has 0 unspecified atom stereocenters. The van der Waals surface area contributed by atoms with Crippen LogP contribution in [0.3, 0.4) is 0 Å². The van der Waals surface area contributed by atoms with E-state index >= 15 is 0 Å². The molecule has 2 N–H and O–H groups in total. The zero-order chi connectivity index (χ0) is 23.4. The third-order valence-electron chi connectivity index (χ3n) is 5.27. The van der Waals surface area contributed by atoms with E-state index < -0.39 is 17.6 Å². The standard InChI is InChI=1S/C24H21F3N4O2/c25-24(26,27)22-13-19(6-7-21(22)23(33)30-10-8-28-9-11-30)31-15-18(14-29-16-31)5-4-17-2-1-3-20(32)12-17/h1-3,6-7,12-14,16,28,32H,8-11,15H2. The summed E-state index contributed by atoms with van der Waals surface area (Å²) in [6, 6.07) is 10.1. The van der Waals surface area contributed by atoms with Gasteiger partial charge < -0.3 is 20.2 Å². The molecule has 2 heterocycles. The fourth-order valence-corrected chi connectivity index (χ4v) is 3.61. The van der Waals surface area contributed by atoms with Crippen LogP contribution in [0.2, 0.25) is 0 Å². The minimum atomic E-state index is -4.68. The van der Waals surface area contributed by atoms with Crippen LogP contribution in [0.4, 0.5) is 18.9 Å². The Morgan fingerprint density at radius 3 is 2.61 bits per heavy atom. The van der Waals surface area contributed by atoms with Gasteiger partial charge in [0.05, 0.1) is 24.0 Å². The molecule has 0 saturated carbocycles. The summed E-state index contributed by atoms with van der Waals surface area (Å²) < 4.78 is 41.6. The Morgan fingerprint density at radius 2 is 1.88 bits per heavy atom. The van der Waals surface area contributed by atoms with Gasteiger partial charge in [-0.1, -0.05) is 17.9 Å². The average molecular weight is 454 g/mol. The summed E-state index contributed by atoms with van der Waals surface area (Å²) in [5, 5.41) is 12.6. The Morgan fingerprint density at radius 1 is 1.09 bits per heavy atom. The Bertz CT molecular complexity index is 1170. The molecule has 33 heavy (non-hydrogen) atoms. The SMILES string of the molecule is O=C(c1ccc(N2C=NC=C(C#Cc3cccc(O)c3)C2)cc1C(F)(F)F)N1CCNCC1. The van der Waals surface area contributed by atoms with Gasteiger partial charge in [-0.2, -0.15) is 13.2 Å². The number of piperazine rings is 1. The van der Waals surface area contributed by atoms with Crippen LogP contribution in [0.25, 0.3) is 0 Å². The number of phenols is 1. The molecule has 0 radical (unpaired) electrons. The number of phenolic OH excluding ortho intramolecular Hbond substituents is 1. The first-order valence-electron chi connectivity index (χ1n) is 10.3. The maximum Gasteiger partial charge on any atom is 0.417 e. The van der Waals surface area contributed by atoms with Crippen molar-refractivity contribution in [2.24, 2.45) is 4.99 Å². The number of benzene rings is 2. The summed E-state index contributed by atoms with van der Waals surface area (Å²) in [4.78, 5) is 19.8.